The third kappa shape index (κ3) is 3.15. The summed E-state index contributed by atoms with van der Waals surface area (Å²) in [4.78, 5) is 11.0. The zero-order valence-corrected chi connectivity index (χ0v) is 9.69. The summed E-state index contributed by atoms with van der Waals surface area (Å²) in [6, 6.07) is 4.81. The Morgan fingerprint density at radius 2 is 2.19 bits per heavy atom. The van der Waals surface area contributed by atoms with Gasteiger partial charge in [0.05, 0.1) is 11.8 Å². The van der Waals surface area contributed by atoms with E-state index in [1.54, 1.807) is 18.2 Å². The number of carbonyl (C=O) groups excluding carboxylic acids is 1. The van der Waals surface area contributed by atoms with Crippen molar-refractivity contribution in [3.63, 3.8) is 0 Å². The van der Waals surface area contributed by atoms with Gasteiger partial charge < -0.3 is 16.2 Å². The Hall–Kier alpha value is -1.71. The minimum absolute atomic E-state index is 0.0791. The third-order valence-electron chi connectivity index (χ3n) is 2.32. The van der Waals surface area contributed by atoms with Crippen molar-refractivity contribution in [2.45, 2.75) is 32.8 Å². The van der Waals surface area contributed by atoms with Gasteiger partial charge in [0, 0.05) is 5.56 Å². The van der Waals surface area contributed by atoms with Crippen LogP contribution in [0.5, 0.6) is 5.75 Å². The highest BCUT2D eigenvalue weighted by molar-refractivity contribution is 5.93. The molecule has 1 amide bonds. The SMILES string of the molecule is CCCC(C)Oc1cc(C(N)=O)ccc1N. The normalized spacial score (nSPS) is 12.1. The second kappa shape index (κ2) is 5.39. The van der Waals surface area contributed by atoms with Gasteiger partial charge in [-0.25, -0.2) is 0 Å². The van der Waals surface area contributed by atoms with Crippen molar-refractivity contribution in [1.82, 2.24) is 0 Å². The number of amides is 1. The van der Waals surface area contributed by atoms with Crippen LogP contribution in [0.3, 0.4) is 0 Å². The lowest BCUT2D eigenvalue weighted by molar-refractivity contribution is 0.0999. The van der Waals surface area contributed by atoms with Crippen LogP contribution in [0.25, 0.3) is 0 Å². The standard InChI is InChI=1S/C12H18N2O2/c1-3-4-8(2)16-11-7-9(12(14)15)5-6-10(11)13/h5-8H,3-4,13H2,1-2H3,(H2,14,15). The maximum absolute atomic E-state index is 11.0. The van der Waals surface area contributed by atoms with Crippen LogP contribution in [0.1, 0.15) is 37.0 Å². The summed E-state index contributed by atoms with van der Waals surface area (Å²) in [6.07, 6.45) is 2.06. The molecule has 0 aromatic heterocycles. The second-order valence-electron chi connectivity index (χ2n) is 3.83. The molecular weight excluding hydrogens is 204 g/mol. The van der Waals surface area contributed by atoms with E-state index in [1.807, 2.05) is 6.92 Å². The minimum atomic E-state index is -0.479. The highest BCUT2D eigenvalue weighted by atomic mass is 16.5. The maximum atomic E-state index is 11.0. The fourth-order valence-electron chi connectivity index (χ4n) is 1.47. The van der Waals surface area contributed by atoms with Gasteiger partial charge in [-0.1, -0.05) is 13.3 Å². The Labute approximate surface area is 95.6 Å². The number of nitrogens with two attached hydrogens (primary N) is 2. The van der Waals surface area contributed by atoms with Gasteiger partial charge in [0.1, 0.15) is 5.75 Å². The smallest absolute Gasteiger partial charge is 0.248 e. The molecule has 1 atom stereocenters. The van der Waals surface area contributed by atoms with Gasteiger partial charge in [-0.2, -0.15) is 0 Å². The lowest BCUT2D eigenvalue weighted by atomic mass is 10.1. The van der Waals surface area contributed by atoms with Gasteiger partial charge in [0.15, 0.2) is 0 Å². The molecule has 0 fully saturated rings. The van der Waals surface area contributed by atoms with Gasteiger partial charge in [-0.05, 0) is 31.5 Å². The molecule has 16 heavy (non-hydrogen) atoms. The van der Waals surface area contributed by atoms with Gasteiger partial charge in [-0.15, -0.1) is 0 Å². The molecule has 1 rings (SSSR count). The van der Waals surface area contributed by atoms with E-state index in [0.717, 1.165) is 12.8 Å². The number of benzene rings is 1. The molecule has 1 aromatic carbocycles. The van der Waals surface area contributed by atoms with Gasteiger partial charge >= 0.3 is 0 Å². The Morgan fingerprint density at radius 1 is 1.50 bits per heavy atom. The first-order chi connectivity index (χ1) is 7.54. The second-order valence-corrected chi connectivity index (χ2v) is 3.83. The maximum Gasteiger partial charge on any atom is 0.248 e. The van der Waals surface area contributed by atoms with Gasteiger partial charge in [0.2, 0.25) is 5.91 Å². The van der Waals surface area contributed by atoms with Crippen LogP contribution in [0.4, 0.5) is 5.69 Å². The summed E-state index contributed by atoms with van der Waals surface area (Å²) in [6.45, 7) is 4.06. The number of primary amides is 1. The molecule has 88 valence electrons. The molecular formula is C12H18N2O2. The topological polar surface area (TPSA) is 78.3 Å². The summed E-state index contributed by atoms with van der Waals surface area (Å²) >= 11 is 0. The molecule has 0 bridgehead atoms. The van der Waals surface area contributed by atoms with E-state index < -0.39 is 5.91 Å². The number of ether oxygens (including phenoxy) is 1. The molecule has 0 heterocycles. The lowest BCUT2D eigenvalue weighted by Crippen LogP contribution is -2.14. The first-order valence-electron chi connectivity index (χ1n) is 5.40. The van der Waals surface area contributed by atoms with Crippen molar-refractivity contribution in [2.24, 2.45) is 5.73 Å². The first kappa shape index (κ1) is 12.4. The van der Waals surface area contributed by atoms with Crippen LogP contribution in [0.15, 0.2) is 18.2 Å². The minimum Gasteiger partial charge on any atom is -0.489 e. The molecule has 0 aliphatic rings. The van der Waals surface area contributed by atoms with E-state index in [0.29, 0.717) is 17.0 Å². The van der Waals surface area contributed by atoms with Crippen molar-refractivity contribution < 1.29 is 9.53 Å². The summed E-state index contributed by atoms with van der Waals surface area (Å²) in [5.74, 6) is 0.0465. The number of hydrogen-bond acceptors (Lipinski definition) is 3. The molecule has 1 aromatic rings. The third-order valence-corrected chi connectivity index (χ3v) is 2.32. The van der Waals surface area contributed by atoms with E-state index >= 15 is 0 Å². The summed E-state index contributed by atoms with van der Waals surface area (Å²) in [5, 5.41) is 0. The molecule has 0 aliphatic heterocycles. The molecule has 0 spiro atoms. The highest BCUT2D eigenvalue weighted by Crippen LogP contribution is 2.24. The van der Waals surface area contributed by atoms with Crippen LogP contribution in [-0.4, -0.2) is 12.0 Å². The molecule has 1 unspecified atom stereocenters. The van der Waals surface area contributed by atoms with Crippen molar-refractivity contribution in [2.75, 3.05) is 5.73 Å². The van der Waals surface area contributed by atoms with Crippen molar-refractivity contribution in [3.8, 4) is 5.75 Å². The van der Waals surface area contributed by atoms with E-state index in [-0.39, 0.29) is 6.10 Å². The largest absolute Gasteiger partial charge is 0.489 e. The fourth-order valence-corrected chi connectivity index (χ4v) is 1.47. The Bertz CT molecular complexity index is 377. The summed E-state index contributed by atoms with van der Waals surface area (Å²) in [7, 11) is 0. The number of rotatable bonds is 5. The van der Waals surface area contributed by atoms with Crippen LogP contribution in [0, 0.1) is 0 Å². The zero-order chi connectivity index (χ0) is 12.1. The molecule has 4 heteroatoms. The molecule has 4 nitrogen and oxygen atoms in total. The molecule has 0 saturated carbocycles. The number of hydrogen-bond donors (Lipinski definition) is 2. The van der Waals surface area contributed by atoms with Crippen molar-refractivity contribution >= 4 is 11.6 Å². The molecule has 0 radical (unpaired) electrons. The Morgan fingerprint density at radius 3 is 2.75 bits per heavy atom. The van der Waals surface area contributed by atoms with E-state index in [1.165, 1.54) is 0 Å². The van der Waals surface area contributed by atoms with Crippen LogP contribution < -0.4 is 16.2 Å². The van der Waals surface area contributed by atoms with E-state index in [4.69, 9.17) is 16.2 Å². The zero-order valence-electron chi connectivity index (χ0n) is 9.69. The molecule has 0 saturated heterocycles. The van der Waals surface area contributed by atoms with Gasteiger partial charge in [-0.3, -0.25) is 4.79 Å². The first-order valence-corrected chi connectivity index (χ1v) is 5.40. The molecule has 4 N–H and O–H groups in total. The van der Waals surface area contributed by atoms with Crippen LogP contribution in [0.2, 0.25) is 0 Å². The van der Waals surface area contributed by atoms with Crippen LogP contribution >= 0.6 is 0 Å². The van der Waals surface area contributed by atoms with E-state index in [2.05, 4.69) is 6.92 Å². The molecule has 0 aliphatic carbocycles. The number of anilines is 1. The monoisotopic (exact) mass is 222 g/mol. The lowest BCUT2D eigenvalue weighted by Gasteiger charge is -2.15. The van der Waals surface area contributed by atoms with E-state index in [9.17, 15) is 4.79 Å². The van der Waals surface area contributed by atoms with Crippen LogP contribution in [-0.2, 0) is 0 Å². The summed E-state index contributed by atoms with van der Waals surface area (Å²) in [5.41, 5.74) is 11.9. The average molecular weight is 222 g/mol. The summed E-state index contributed by atoms with van der Waals surface area (Å²) < 4.78 is 5.64. The predicted octanol–water partition coefficient (Wildman–Crippen LogP) is 1.94. The van der Waals surface area contributed by atoms with Crippen molar-refractivity contribution in [3.05, 3.63) is 23.8 Å². The highest BCUT2D eigenvalue weighted by Gasteiger charge is 2.09. The Kier molecular flexibility index (Phi) is 4.17. The van der Waals surface area contributed by atoms with Gasteiger partial charge in [0.25, 0.3) is 0 Å². The average Bonchev–Trinajstić information content (AvgIpc) is 2.21. The number of nitrogen functional groups attached to an aromatic ring is 1. The van der Waals surface area contributed by atoms with Crippen molar-refractivity contribution in [1.29, 1.82) is 0 Å². The quantitative estimate of drug-likeness (QED) is 0.747. The Balaban J connectivity index is 2.85. The fraction of sp³-hybridized carbons (Fsp3) is 0.417. The number of carbonyl (C=O) groups is 1. The predicted molar refractivity (Wildman–Crippen MR) is 64.4 cm³/mol.